The van der Waals surface area contributed by atoms with E-state index in [2.05, 4.69) is 0 Å². The smallest absolute Gasteiger partial charge is 0.137 e. The first-order valence-electron chi connectivity index (χ1n) is 3.76. The van der Waals surface area contributed by atoms with E-state index in [1.165, 1.54) is 0 Å². The lowest BCUT2D eigenvalue weighted by Crippen LogP contribution is -2.07. The Kier molecular flexibility index (Phi) is 3.05. The molecule has 1 rings (SSSR count). The zero-order valence-corrected chi connectivity index (χ0v) is 6.96. The van der Waals surface area contributed by atoms with Gasteiger partial charge in [0, 0.05) is 6.54 Å². The number of hydrogen-bond acceptors (Lipinski definition) is 2. The van der Waals surface area contributed by atoms with Gasteiger partial charge in [-0.3, -0.25) is 0 Å². The molecule has 0 spiro atoms. The van der Waals surface area contributed by atoms with Gasteiger partial charge in [-0.1, -0.05) is 12.1 Å². The molecule has 0 saturated carbocycles. The molecule has 0 aromatic heterocycles. The Bertz CT molecular complexity index is 252. The topological polar surface area (TPSA) is 35.2 Å². The van der Waals surface area contributed by atoms with Crippen molar-refractivity contribution in [2.45, 2.75) is 6.17 Å². The summed E-state index contributed by atoms with van der Waals surface area (Å²) in [5, 5.41) is 0. The molecule has 0 radical (unpaired) electrons. The quantitative estimate of drug-likeness (QED) is 0.746. The van der Waals surface area contributed by atoms with E-state index in [4.69, 9.17) is 10.5 Å². The molecule has 0 aliphatic carbocycles. The van der Waals surface area contributed by atoms with E-state index in [9.17, 15) is 4.39 Å². The number of nitrogens with two attached hydrogens (primary N) is 1. The van der Waals surface area contributed by atoms with Gasteiger partial charge >= 0.3 is 0 Å². The van der Waals surface area contributed by atoms with Gasteiger partial charge in [-0.25, -0.2) is 4.39 Å². The summed E-state index contributed by atoms with van der Waals surface area (Å²) in [6, 6.07) is 6.86. The second-order valence-corrected chi connectivity index (χ2v) is 2.48. The van der Waals surface area contributed by atoms with Crippen molar-refractivity contribution in [1.82, 2.24) is 0 Å². The Hall–Kier alpha value is -1.09. The zero-order chi connectivity index (χ0) is 8.97. The van der Waals surface area contributed by atoms with Crippen LogP contribution in [0.5, 0.6) is 5.75 Å². The maximum absolute atomic E-state index is 13.0. The first-order chi connectivity index (χ1) is 5.77. The van der Waals surface area contributed by atoms with Crippen LogP contribution in [0.1, 0.15) is 11.7 Å². The van der Waals surface area contributed by atoms with Gasteiger partial charge in [-0.05, 0) is 17.7 Å². The molecule has 1 aromatic carbocycles. The molecule has 1 aromatic rings. The fourth-order valence-corrected chi connectivity index (χ4v) is 0.972. The second kappa shape index (κ2) is 4.07. The summed E-state index contributed by atoms with van der Waals surface area (Å²) in [4.78, 5) is 0. The molecule has 66 valence electrons. The molecular weight excluding hydrogens is 157 g/mol. The molecule has 0 bridgehead atoms. The van der Waals surface area contributed by atoms with Crippen LogP contribution in [0.15, 0.2) is 24.3 Å². The van der Waals surface area contributed by atoms with Crippen LogP contribution in [0, 0.1) is 0 Å². The largest absolute Gasteiger partial charge is 0.497 e. The van der Waals surface area contributed by atoms with Crippen molar-refractivity contribution in [3.63, 3.8) is 0 Å². The summed E-state index contributed by atoms with van der Waals surface area (Å²) < 4.78 is 17.9. The number of methoxy groups -OCH3 is 1. The third-order valence-corrected chi connectivity index (χ3v) is 1.66. The lowest BCUT2D eigenvalue weighted by molar-refractivity contribution is 0.350. The highest BCUT2D eigenvalue weighted by Gasteiger charge is 2.06. The first kappa shape index (κ1) is 9.00. The minimum atomic E-state index is -1.10. The molecule has 2 nitrogen and oxygen atoms in total. The summed E-state index contributed by atoms with van der Waals surface area (Å²) in [5.41, 5.74) is 5.75. The maximum atomic E-state index is 13.0. The molecule has 0 saturated heterocycles. The van der Waals surface area contributed by atoms with Gasteiger partial charge < -0.3 is 10.5 Å². The Balaban J connectivity index is 2.86. The number of halogens is 1. The maximum Gasteiger partial charge on any atom is 0.137 e. The highest BCUT2D eigenvalue weighted by Crippen LogP contribution is 2.20. The monoisotopic (exact) mass is 169 g/mol. The summed E-state index contributed by atoms with van der Waals surface area (Å²) in [7, 11) is 1.55. The number of hydrogen-bond donors (Lipinski definition) is 1. The van der Waals surface area contributed by atoms with Crippen molar-refractivity contribution >= 4 is 0 Å². The van der Waals surface area contributed by atoms with Crippen molar-refractivity contribution in [1.29, 1.82) is 0 Å². The van der Waals surface area contributed by atoms with E-state index in [-0.39, 0.29) is 6.54 Å². The molecular formula is C9H12FNO. The van der Waals surface area contributed by atoms with Crippen molar-refractivity contribution in [3.8, 4) is 5.75 Å². The van der Waals surface area contributed by atoms with E-state index in [1.807, 2.05) is 0 Å². The molecule has 12 heavy (non-hydrogen) atoms. The van der Waals surface area contributed by atoms with Crippen LogP contribution in [0.2, 0.25) is 0 Å². The normalized spacial score (nSPS) is 12.6. The standard InChI is InChI=1S/C9H12FNO/c1-12-8-4-2-3-7(5-8)9(10)6-11/h2-5,9H,6,11H2,1H3/t9-/m0/s1. The van der Waals surface area contributed by atoms with Crippen molar-refractivity contribution in [2.75, 3.05) is 13.7 Å². The van der Waals surface area contributed by atoms with Crippen LogP contribution in [-0.2, 0) is 0 Å². The van der Waals surface area contributed by atoms with Gasteiger partial charge in [0.05, 0.1) is 7.11 Å². The molecule has 0 aliphatic rings. The third kappa shape index (κ3) is 1.95. The Morgan fingerprint density at radius 2 is 2.33 bits per heavy atom. The Morgan fingerprint density at radius 1 is 1.58 bits per heavy atom. The van der Waals surface area contributed by atoms with Gasteiger partial charge in [0.1, 0.15) is 11.9 Å². The molecule has 3 heteroatoms. The van der Waals surface area contributed by atoms with Gasteiger partial charge in [-0.15, -0.1) is 0 Å². The number of ether oxygens (including phenoxy) is 1. The highest BCUT2D eigenvalue weighted by molar-refractivity contribution is 5.29. The van der Waals surface area contributed by atoms with Crippen molar-refractivity contribution < 1.29 is 9.13 Å². The van der Waals surface area contributed by atoms with Crippen LogP contribution in [0.4, 0.5) is 4.39 Å². The molecule has 0 heterocycles. The average Bonchev–Trinajstić information content (AvgIpc) is 2.17. The van der Waals surface area contributed by atoms with Crippen LogP contribution in [0.3, 0.4) is 0 Å². The van der Waals surface area contributed by atoms with Crippen LogP contribution >= 0.6 is 0 Å². The fraction of sp³-hybridized carbons (Fsp3) is 0.333. The molecule has 0 fully saturated rings. The predicted molar refractivity (Wildman–Crippen MR) is 45.9 cm³/mol. The summed E-state index contributed by atoms with van der Waals surface area (Å²) >= 11 is 0. The molecule has 0 aliphatic heterocycles. The first-order valence-corrected chi connectivity index (χ1v) is 3.76. The fourth-order valence-electron chi connectivity index (χ4n) is 0.972. The highest BCUT2D eigenvalue weighted by atomic mass is 19.1. The van der Waals surface area contributed by atoms with Crippen LogP contribution < -0.4 is 10.5 Å². The molecule has 1 atom stereocenters. The zero-order valence-electron chi connectivity index (χ0n) is 6.96. The van der Waals surface area contributed by atoms with E-state index in [0.717, 1.165) is 0 Å². The summed E-state index contributed by atoms with van der Waals surface area (Å²) in [6.45, 7) is 0.00711. The molecule has 2 N–H and O–H groups in total. The minimum absolute atomic E-state index is 0.00711. The SMILES string of the molecule is COc1cccc([C@@H](F)CN)c1. The van der Waals surface area contributed by atoms with Crippen molar-refractivity contribution in [3.05, 3.63) is 29.8 Å². The lowest BCUT2D eigenvalue weighted by Gasteiger charge is -2.06. The third-order valence-electron chi connectivity index (χ3n) is 1.66. The van der Waals surface area contributed by atoms with E-state index >= 15 is 0 Å². The van der Waals surface area contributed by atoms with Gasteiger partial charge in [0.2, 0.25) is 0 Å². The number of alkyl halides is 1. The average molecular weight is 169 g/mol. The molecule has 0 unspecified atom stereocenters. The van der Waals surface area contributed by atoms with Gasteiger partial charge in [-0.2, -0.15) is 0 Å². The number of rotatable bonds is 3. The van der Waals surface area contributed by atoms with Gasteiger partial charge in [0.25, 0.3) is 0 Å². The number of benzene rings is 1. The predicted octanol–water partition coefficient (Wildman–Crippen LogP) is 1.66. The van der Waals surface area contributed by atoms with Crippen molar-refractivity contribution in [2.24, 2.45) is 5.73 Å². The Morgan fingerprint density at radius 3 is 2.92 bits per heavy atom. The second-order valence-electron chi connectivity index (χ2n) is 2.48. The minimum Gasteiger partial charge on any atom is -0.497 e. The van der Waals surface area contributed by atoms with E-state index in [0.29, 0.717) is 11.3 Å². The Labute approximate surface area is 71.1 Å². The lowest BCUT2D eigenvalue weighted by atomic mass is 10.1. The van der Waals surface area contributed by atoms with Gasteiger partial charge in [0.15, 0.2) is 0 Å². The van der Waals surface area contributed by atoms with Crippen LogP contribution in [0.25, 0.3) is 0 Å². The van der Waals surface area contributed by atoms with E-state index in [1.54, 1.807) is 31.4 Å². The summed E-state index contributed by atoms with van der Waals surface area (Å²) in [5.74, 6) is 0.656. The molecule has 0 amide bonds. The van der Waals surface area contributed by atoms with E-state index < -0.39 is 6.17 Å². The summed E-state index contributed by atoms with van der Waals surface area (Å²) in [6.07, 6.45) is -1.10. The van der Waals surface area contributed by atoms with Crippen LogP contribution in [-0.4, -0.2) is 13.7 Å².